The number of aliphatic carboxylic acids is 1. The van der Waals surface area contributed by atoms with Gasteiger partial charge in [0.2, 0.25) is 0 Å². The third-order valence-corrected chi connectivity index (χ3v) is 4.07. The van der Waals surface area contributed by atoms with E-state index in [1.54, 1.807) is 20.8 Å². The molecule has 1 aromatic carbocycles. The molecule has 2 amide bonds. The number of ether oxygens (including phenoxy) is 2. The summed E-state index contributed by atoms with van der Waals surface area (Å²) in [5.41, 5.74) is 0.130. The number of carboxylic acid groups (broad SMARTS) is 1. The number of nitrogens with one attached hydrogen (secondary N) is 1. The Labute approximate surface area is 158 Å². The number of alkyl carbamates (subject to hydrolysis) is 1. The number of carboxylic acids is 1. The van der Waals surface area contributed by atoms with Gasteiger partial charge in [0.1, 0.15) is 18.4 Å². The molecule has 1 aliphatic rings. The molecule has 1 aliphatic heterocycles. The number of hydrogen-bond acceptors (Lipinski definition) is 5. The Morgan fingerprint density at radius 2 is 1.89 bits per heavy atom. The highest BCUT2D eigenvalue weighted by molar-refractivity contribution is 5.73. The number of carbonyl (C=O) groups is 3. The van der Waals surface area contributed by atoms with Crippen LogP contribution in [0.15, 0.2) is 30.3 Å². The molecule has 27 heavy (non-hydrogen) atoms. The molecule has 1 fully saturated rings. The monoisotopic (exact) mass is 378 g/mol. The first-order valence-corrected chi connectivity index (χ1v) is 8.84. The average molecular weight is 378 g/mol. The summed E-state index contributed by atoms with van der Waals surface area (Å²) >= 11 is 0. The fourth-order valence-corrected chi connectivity index (χ4v) is 2.90. The van der Waals surface area contributed by atoms with E-state index in [2.05, 4.69) is 5.32 Å². The summed E-state index contributed by atoms with van der Waals surface area (Å²) in [6.45, 7) is 5.61. The van der Waals surface area contributed by atoms with Gasteiger partial charge in [-0.15, -0.1) is 0 Å². The lowest BCUT2D eigenvalue weighted by Gasteiger charge is -2.30. The molecule has 0 bridgehead atoms. The molecule has 2 unspecified atom stereocenters. The van der Waals surface area contributed by atoms with Crippen molar-refractivity contribution in [3.05, 3.63) is 35.9 Å². The summed E-state index contributed by atoms with van der Waals surface area (Å²) in [4.78, 5) is 37.1. The summed E-state index contributed by atoms with van der Waals surface area (Å²) in [6, 6.07) is 9.17. The van der Waals surface area contributed by atoms with Crippen LogP contribution in [0.5, 0.6) is 0 Å². The standard InChI is InChI=1S/C19H26N2O6/c1-19(2,3)27-18(25)21-10-9-14(11-15(22)23)16(21)20-17(24)26-12-13-7-5-4-6-8-13/h4-8,14,16H,9-12H2,1-3H3,(H,20,24)(H,22,23). The third kappa shape index (κ3) is 6.47. The first-order valence-electron chi connectivity index (χ1n) is 8.84. The molecule has 0 spiro atoms. The molecule has 2 N–H and O–H groups in total. The number of benzene rings is 1. The minimum Gasteiger partial charge on any atom is -0.481 e. The van der Waals surface area contributed by atoms with Crippen LogP contribution in [0.1, 0.15) is 39.2 Å². The van der Waals surface area contributed by atoms with Crippen LogP contribution in [0.25, 0.3) is 0 Å². The molecule has 8 heteroatoms. The maximum Gasteiger partial charge on any atom is 0.411 e. The van der Waals surface area contributed by atoms with Gasteiger partial charge in [-0.1, -0.05) is 30.3 Å². The number of nitrogens with zero attached hydrogens (tertiary/aromatic N) is 1. The maximum atomic E-state index is 12.4. The van der Waals surface area contributed by atoms with Crippen molar-refractivity contribution in [2.45, 2.75) is 52.0 Å². The SMILES string of the molecule is CC(C)(C)OC(=O)N1CCC(CC(=O)O)C1NC(=O)OCc1ccccc1. The van der Waals surface area contributed by atoms with Crippen LogP contribution in [0, 0.1) is 5.92 Å². The van der Waals surface area contributed by atoms with E-state index in [0.29, 0.717) is 13.0 Å². The van der Waals surface area contributed by atoms with Gasteiger partial charge < -0.3 is 19.9 Å². The van der Waals surface area contributed by atoms with Gasteiger partial charge in [-0.2, -0.15) is 0 Å². The molecule has 0 aromatic heterocycles. The summed E-state index contributed by atoms with van der Waals surface area (Å²) < 4.78 is 10.6. The summed E-state index contributed by atoms with van der Waals surface area (Å²) in [5, 5.41) is 11.7. The number of likely N-dealkylation sites (tertiary alicyclic amines) is 1. The lowest BCUT2D eigenvalue weighted by atomic mass is 10.0. The fourth-order valence-electron chi connectivity index (χ4n) is 2.90. The highest BCUT2D eigenvalue weighted by Gasteiger charge is 2.41. The Morgan fingerprint density at radius 3 is 2.48 bits per heavy atom. The van der Waals surface area contributed by atoms with Crippen LogP contribution in [-0.4, -0.2) is 46.5 Å². The normalized spacial score (nSPS) is 19.4. The molecule has 1 saturated heterocycles. The number of rotatable bonds is 5. The number of hydrogen-bond donors (Lipinski definition) is 2. The van der Waals surface area contributed by atoms with E-state index >= 15 is 0 Å². The third-order valence-electron chi connectivity index (χ3n) is 4.07. The predicted octanol–water partition coefficient (Wildman–Crippen LogP) is 2.97. The molecule has 2 atom stereocenters. The average Bonchev–Trinajstić information content (AvgIpc) is 2.94. The van der Waals surface area contributed by atoms with Crippen molar-refractivity contribution in [1.29, 1.82) is 0 Å². The first-order chi connectivity index (χ1) is 12.7. The van der Waals surface area contributed by atoms with E-state index < -0.39 is 35.8 Å². The Bertz CT molecular complexity index is 671. The van der Waals surface area contributed by atoms with Crippen molar-refractivity contribution in [2.75, 3.05) is 6.54 Å². The fraction of sp³-hybridized carbons (Fsp3) is 0.526. The smallest absolute Gasteiger partial charge is 0.411 e. The predicted molar refractivity (Wildman–Crippen MR) is 96.9 cm³/mol. The Hall–Kier alpha value is -2.77. The minimum atomic E-state index is -0.990. The molecule has 0 radical (unpaired) electrons. The van der Waals surface area contributed by atoms with Crippen LogP contribution in [0.3, 0.4) is 0 Å². The molecular formula is C19H26N2O6. The van der Waals surface area contributed by atoms with Crippen molar-refractivity contribution in [3.8, 4) is 0 Å². The molecule has 2 rings (SSSR count). The second kappa shape index (κ2) is 8.75. The van der Waals surface area contributed by atoms with E-state index in [9.17, 15) is 14.4 Å². The van der Waals surface area contributed by atoms with E-state index in [1.807, 2.05) is 30.3 Å². The van der Waals surface area contributed by atoms with E-state index in [1.165, 1.54) is 4.90 Å². The van der Waals surface area contributed by atoms with Crippen molar-refractivity contribution in [1.82, 2.24) is 10.2 Å². The summed E-state index contributed by atoms with van der Waals surface area (Å²) in [6.07, 6.45) is -1.81. The molecule has 8 nitrogen and oxygen atoms in total. The number of amides is 2. The van der Waals surface area contributed by atoms with Gasteiger partial charge >= 0.3 is 18.2 Å². The molecule has 0 saturated carbocycles. The van der Waals surface area contributed by atoms with E-state index in [-0.39, 0.29) is 13.0 Å². The van der Waals surface area contributed by atoms with Gasteiger partial charge in [-0.05, 0) is 32.8 Å². The van der Waals surface area contributed by atoms with E-state index in [0.717, 1.165) is 5.56 Å². The maximum absolute atomic E-state index is 12.4. The first kappa shape index (κ1) is 20.5. The van der Waals surface area contributed by atoms with Gasteiger partial charge in [0.25, 0.3) is 0 Å². The lowest BCUT2D eigenvalue weighted by Crippen LogP contribution is -2.51. The van der Waals surface area contributed by atoms with Gasteiger partial charge in [0.15, 0.2) is 0 Å². The van der Waals surface area contributed by atoms with E-state index in [4.69, 9.17) is 14.6 Å². The van der Waals surface area contributed by atoms with Crippen molar-refractivity contribution in [2.24, 2.45) is 5.92 Å². The second-order valence-electron chi connectivity index (χ2n) is 7.47. The lowest BCUT2D eigenvalue weighted by molar-refractivity contribution is -0.138. The number of carbonyl (C=O) groups excluding carboxylic acids is 2. The Balaban J connectivity index is 2.02. The highest BCUT2D eigenvalue weighted by Crippen LogP contribution is 2.27. The van der Waals surface area contributed by atoms with Gasteiger partial charge in [0, 0.05) is 12.5 Å². The van der Waals surface area contributed by atoms with Crippen LogP contribution in [-0.2, 0) is 20.9 Å². The van der Waals surface area contributed by atoms with Gasteiger partial charge in [-0.25, -0.2) is 9.59 Å². The van der Waals surface area contributed by atoms with Crippen molar-refractivity contribution < 1.29 is 29.0 Å². The van der Waals surface area contributed by atoms with Gasteiger partial charge in [-0.3, -0.25) is 9.69 Å². The summed E-state index contributed by atoms with van der Waals surface area (Å²) in [5.74, 6) is -1.41. The van der Waals surface area contributed by atoms with Crippen molar-refractivity contribution >= 4 is 18.2 Å². The van der Waals surface area contributed by atoms with Crippen LogP contribution in [0.2, 0.25) is 0 Å². The van der Waals surface area contributed by atoms with Crippen molar-refractivity contribution in [3.63, 3.8) is 0 Å². The van der Waals surface area contributed by atoms with Gasteiger partial charge in [0.05, 0.1) is 6.42 Å². The minimum absolute atomic E-state index is 0.0788. The quantitative estimate of drug-likeness (QED) is 0.816. The largest absolute Gasteiger partial charge is 0.481 e. The molecule has 148 valence electrons. The molecular weight excluding hydrogens is 352 g/mol. The topological polar surface area (TPSA) is 105 Å². The zero-order valence-electron chi connectivity index (χ0n) is 15.8. The van der Waals surface area contributed by atoms with Crippen LogP contribution < -0.4 is 5.32 Å². The molecule has 1 heterocycles. The van der Waals surface area contributed by atoms with Crippen LogP contribution >= 0.6 is 0 Å². The zero-order valence-corrected chi connectivity index (χ0v) is 15.8. The second-order valence-corrected chi connectivity index (χ2v) is 7.47. The Morgan fingerprint density at radius 1 is 1.22 bits per heavy atom. The molecule has 0 aliphatic carbocycles. The highest BCUT2D eigenvalue weighted by atomic mass is 16.6. The molecule has 1 aromatic rings. The zero-order chi connectivity index (χ0) is 20.0. The van der Waals surface area contributed by atoms with Crippen LogP contribution in [0.4, 0.5) is 9.59 Å². The Kier molecular flexibility index (Phi) is 6.65. The summed E-state index contributed by atoms with van der Waals surface area (Å²) in [7, 11) is 0.